The molecular weight excluding hydrogens is 390 g/mol. The number of carbonyl (C=O) groups is 3. The van der Waals surface area contributed by atoms with Crippen LogP contribution in [0, 0.1) is 0 Å². The predicted octanol–water partition coefficient (Wildman–Crippen LogP) is 4.42. The molecule has 0 saturated carbocycles. The minimum Gasteiger partial charge on any atom is -0.468 e. The molecule has 0 aliphatic carbocycles. The van der Waals surface area contributed by atoms with Crippen LogP contribution in [-0.4, -0.2) is 36.4 Å². The molecule has 29 heavy (non-hydrogen) atoms. The van der Waals surface area contributed by atoms with Gasteiger partial charge in [0.25, 0.3) is 5.91 Å². The first-order chi connectivity index (χ1) is 13.6. The number of hydrogen-bond acceptors (Lipinski definition) is 6. The molecule has 0 atom stereocenters. The molecule has 0 spiro atoms. The number of carbonyl (C=O) groups excluding carboxylic acids is 3. The van der Waals surface area contributed by atoms with E-state index in [0.29, 0.717) is 10.7 Å². The highest BCUT2D eigenvalue weighted by atomic mass is 32.2. The van der Waals surface area contributed by atoms with Gasteiger partial charge in [-0.1, -0.05) is 39.5 Å². The molecule has 0 unspecified atom stereocenters. The molecule has 0 aromatic heterocycles. The first-order valence-corrected chi connectivity index (χ1v) is 10.3. The van der Waals surface area contributed by atoms with Gasteiger partial charge in [0, 0.05) is 13.1 Å². The van der Waals surface area contributed by atoms with Crippen LogP contribution < -0.4 is 4.74 Å². The maximum atomic E-state index is 12.7. The van der Waals surface area contributed by atoms with Crippen molar-refractivity contribution in [3.8, 4) is 5.75 Å². The van der Waals surface area contributed by atoms with Crippen LogP contribution in [0.4, 0.5) is 0 Å². The maximum absolute atomic E-state index is 12.7. The van der Waals surface area contributed by atoms with Crippen LogP contribution in [0.3, 0.4) is 0 Å². The van der Waals surface area contributed by atoms with Crippen molar-refractivity contribution >= 4 is 35.7 Å². The minimum atomic E-state index is -0.482. The zero-order valence-electron chi connectivity index (χ0n) is 17.6. The average Bonchev–Trinajstić information content (AvgIpc) is 2.64. The molecule has 1 aromatic carbocycles. The van der Waals surface area contributed by atoms with E-state index in [1.165, 1.54) is 30.7 Å². The Morgan fingerprint density at radius 3 is 2.21 bits per heavy atom. The van der Waals surface area contributed by atoms with Crippen LogP contribution in [-0.2, 0) is 19.1 Å². The molecule has 1 heterocycles. The number of esters is 2. The summed E-state index contributed by atoms with van der Waals surface area (Å²) in [5.74, 6) is -0.245. The lowest BCUT2D eigenvalue weighted by atomic mass is 9.91. The molecule has 0 saturated heterocycles. The number of nitrogens with zero attached hydrogens (tertiary/aromatic N) is 1. The number of methoxy groups -OCH3 is 1. The molecule has 0 fully saturated rings. The average molecular weight is 418 g/mol. The largest absolute Gasteiger partial charge is 0.468 e. The smallest absolute Gasteiger partial charge is 0.325 e. The van der Waals surface area contributed by atoms with Gasteiger partial charge in [0.15, 0.2) is 0 Å². The van der Waals surface area contributed by atoms with Crippen LogP contribution in [0.25, 0.3) is 6.08 Å². The molecule has 1 aliphatic rings. The molecule has 0 radical (unpaired) electrons. The number of amides is 1. The maximum Gasteiger partial charge on any atom is 0.325 e. The molecule has 7 heteroatoms. The summed E-state index contributed by atoms with van der Waals surface area (Å²) in [5, 5.41) is 1.76. The fraction of sp³-hybridized carbons (Fsp3) is 0.409. The molecule has 6 nitrogen and oxygen atoms in total. The lowest BCUT2D eigenvalue weighted by Crippen LogP contribution is -2.33. The summed E-state index contributed by atoms with van der Waals surface area (Å²) in [6.07, 6.45) is 3.38. The third kappa shape index (κ3) is 5.73. The van der Waals surface area contributed by atoms with E-state index in [2.05, 4.69) is 4.74 Å². The van der Waals surface area contributed by atoms with Gasteiger partial charge in [-0.3, -0.25) is 14.4 Å². The lowest BCUT2D eigenvalue weighted by molar-refractivity contribution is -0.144. The number of rotatable bonds is 6. The Bertz CT molecular complexity index is 841. The summed E-state index contributed by atoms with van der Waals surface area (Å²) in [6.45, 7) is 9.39. The summed E-state index contributed by atoms with van der Waals surface area (Å²) < 4.78 is 10.2. The third-order valence-electron chi connectivity index (χ3n) is 4.39. The third-order valence-corrected chi connectivity index (χ3v) is 5.20. The van der Waals surface area contributed by atoms with Gasteiger partial charge in [0.2, 0.25) is 0 Å². The van der Waals surface area contributed by atoms with Crippen molar-refractivity contribution in [1.82, 2.24) is 4.90 Å². The Morgan fingerprint density at radius 1 is 1.14 bits per heavy atom. The fourth-order valence-corrected chi connectivity index (χ4v) is 3.69. The number of hydrogen-bond donors (Lipinski definition) is 0. The van der Waals surface area contributed by atoms with Crippen LogP contribution in [0.15, 0.2) is 28.6 Å². The van der Waals surface area contributed by atoms with E-state index in [-0.39, 0.29) is 30.3 Å². The van der Waals surface area contributed by atoms with Gasteiger partial charge in [0.1, 0.15) is 12.3 Å². The van der Waals surface area contributed by atoms with Gasteiger partial charge in [-0.2, -0.15) is 0 Å². The van der Waals surface area contributed by atoms with Crippen LogP contribution in [0.5, 0.6) is 5.75 Å². The number of benzene rings is 1. The molecular formula is C22H27NO5S. The molecule has 1 amide bonds. The zero-order chi connectivity index (χ0) is 21.7. The second-order valence-electron chi connectivity index (χ2n) is 7.35. The van der Waals surface area contributed by atoms with E-state index in [4.69, 9.17) is 4.74 Å². The van der Waals surface area contributed by atoms with Gasteiger partial charge in [0.05, 0.1) is 12.0 Å². The second-order valence-corrected chi connectivity index (χ2v) is 8.30. The monoisotopic (exact) mass is 417 g/mol. The summed E-state index contributed by atoms with van der Waals surface area (Å²) in [4.78, 5) is 37.7. The van der Waals surface area contributed by atoms with E-state index in [9.17, 15) is 14.4 Å². The SMILES string of the molecule is COC(=O)CN1C=CS/C(=C\c2cc(C(C)C)c(OC(C)=O)c(C(C)C)c2)C1=O. The van der Waals surface area contributed by atoms with Crippen molar-refractivity contribution in [3.05, 3.63) is 45.3 Å². The second kappa shape index (κ2) is 9.78. The molecule has 0 bridgehead atoms. The topological polar surface area (TPSA) is 72.9 Å². The summed E-state index contributed by atoms with van der Waals surface area (Å²) in [7, 11) is 1.29. The van der Waals surface area contributed by atoms with Gasteiger partial charge in [-0.05, 0) is 52.1 Å². The first-order valence-electron chi connectivity index (χ1n) is 9.43. The molecule has 156 valence electrons. The summed E-state index contributed by atoms with van der Waals surface area (Å²) in [5.41, 5.74) is 2.67. The Hall–Kier alpha value is -2.54. The fourth-order valence-electron chi connectivity index (χ4n) is 2.91. The van der Waals surface area contributed by atoms with E-state index < -0.39 is 5.97 Å². The zero-order valence-corrected chi connectivity index (χ0v) is 18.5. The molecule has 0 N–H and O–H groups in total. The van der Waals surface area contributed by atoms with Crippen molar-refractivity contribution < 1.29 is 23.9 Å². The van der Waals surface area contributed by atoms with Crippen LogP contribution in [0.1, 0.15) is 63.1 Å². The van der Waals surface area contributed by atoms with Crippen LogP contribution >= 0.6 is 11.8 Å². The predicted molar refractivity (Wildman–Crippen MR) is 114 cm³/mol. The normalized spacial score (nSPS) is 15.4. The Kier molecular flexibility index (Phi) is 7.67. The van der Waals surface area contributed by atoms with Gasteiger partial charge < -0.3 is 14.4 Å². The van der Waals surface area contributed by atoms with E-state index >= 15 is 0 Å². The highest BCUT2D eigenvalue weighted by Crippen LogP contribution is 2.37. The van der Waals surface area contributed by atoms with Crippen molar-refractivity contribution in [1.29, 1.82) is 0 Å². The Labute approximate surface area is 175 Å². The minimum absolute atomic E-state index is 0.130. The van der Waals surface area contributed by atoms with Gasteiger partial charge in [-0.25, -0.2) is 0 Å². The van der Waals surface area contributed by atoms with Crippen molar-refractivity contribution in [2.75, 3.05) is 13.7 Å². The van der Waals surface area contributed by atoms with Crippen molar-refractivity contribution in [2.45, 2.75) is 46.5 Å². The summed E-state index contributed by atoms with van der Waals surface area (Å²) >= 11 is 1.30. The van der Waals surface area contributed by atoms with Crippen molar-refractivity contribution in [3.63, 3.8) is 0 Å². The number of ether oxygens (including phenoxy) is 2. The van der Waals surface area contributed by atoms with E-state index in [1.807, 2.05) is 39.8 Å². The standard InChI is InChI=1S/C22H27NO5S/c1-13(2)17-9-16(10-18(14(3)4)21(17)28-15(5)24)11-19-22(26)23(7-8-29-19)12-20(25)27-6/h7-11,13-14H,12H2,1-6H3/b19-11-. The molecule has 2 rings (SSSR count). The molecule has 1 aliphatic heterocycles. The number of thioether (sulfide) groups is 1. The van der Waals surface area contributed by atoms with Crippen molar-refractivity contribution in [2.24, 2.45) is 0 Å². The highest BCUT2D eigenvalue weighted by molar-refractivity contribution is 8.06. The van der Waals surface area contributed by atoms with E-state index in [0.717, 1.165) is 16.7 Å². The Balaban J connectivity index is 2.49. The van der Waals surface area contributed by atoms with Crippen LogP contribution in [0.2, 0.25) is 0 Å². The molecule has 1 aromatic rings. The highest BCUT2D eigenvalue weighted by Gasteiger charge is 2.24. The van der Waals surface area contributed by atoms with Gasteiger partial charge in [-0.15, -0.1) is 0 Å². The van der Waals surface area contributed by atoms with E-state index in [1.54, 1.807) is 17.7 Å². The van der Waals surface area contributed by atoms with Gasteiger partial charge >= 0.3 is 11.9 Å². The quantitative estimate of drug-likeness (QED) is 0.388. The first kappa shape index (κ1) is 22.7. The Morgan fingerprint density at radius 2 is 1.72 bits per heavy atom. The lowest BCUT2D eigenvalue weighted by Gasteiger charge is -2.22. The summed E-state index contributed by atoms with van der Waals surface area (Å²) in [6, 6.07) is 3.89.